The summed E-state index contributed by atoms with van der Waals surface area (Å²) in [6.07, 6.45) is 1.96. The number of hydrogen-bond acceptors (Lipinski definition) is 3. The summed E-state index contributed by atoms with van der Waals surface area (Å²) in [5.74, 6) is 0. The molecule has 2 N–H and O–H groups in total. The van der Waals surface area contributed by atoms with Crippen LogP contribution in [-0.4, -0.2) is 36.0 Å². The third-order valence-corrected chi connectivity index (χ3v) is 2.66. The SMILES string of the molecule is CC1CN[C@]2(CO1)C[C@H](O)C2. The zero-order valence-corrected chi connectivity index (χ0v) is 6.84. The van der Waals surface area contributed by atoms with E-state index < -0.39 is 0 Å². The van der Waals surface area contributed by atoms with Crippen LogP contribution in [0.2, 0.25) is 0 Å². The molecule has 3 nitrogen and oxygen atoms in total. The van der Waals surface area contributed by atoms with Gasteiger partial charge in [-0.3, -0.25) is 0 Å². The van der Waals surface area contributed by atoms with E-state index in [4.69, 9.17) is 9.84 Å². The highest BCUT2D eigenvalue weighted by atomic mass is 16.5. The van der Waals surface area contributed by atoms with Gasteiger partial charge in [0.2, 0.25) is 0 Å². The number of nitrogens with one attached hydrogen (secondary N) is 1. The molecular weight excluding hydrogens is 142 g/mol. The molecule has 1 unspecified atom stereocenters. The van der Waals surface area contributed by atoms with Crippen molar-refractivity contribution in [2.45, 2.75) is 37.5 Å². The molecule has 0 radical (unpaired) electrons. The van der Waals surface area contributed by atoms with Gasteiger partial charge in [0.05, 0.1) is 18.8 Å². The van der Waals surface area contributed by atoms with Crippen LogP contribution in [0, 0.1) is 0 Å². The van der Waals surface area contributed by atoms with Gasteiger partial charge in [-0.1, -0.05) is 0 Å². The molecule has 0 aromatic carbocycles. The Morgan fingerprint density at radius 3 is 2.73 bits per heavy atom. The predicted octanol–water partition coefficient (Wildman–Crippen LogP) is -0.112. The maximum atomic E-state index is 9.14. The van der Waals surface area contributed by atoms with Gasteiger partial charge < -0.3 is 15.2 Å². The molecule has 0 amide bonds. The van der Waals surface area contributed by atoms with Crippen molar-refractivity contribution in [3.05, 3.63) is 0 Å². The smallest absolute Gasteiger partial charge is 0.0672 e. The lowest BCUT2D eigenvalue weighted by atomic mass is 9.74. The summed E-state index contributed by atoms with van der Waals surface area (Å²) >= 11 is 0. The van der Waals surface area contributed by atoms with Crippen LogP contribution in [0.5, 0.6) is 0 Å². The Balaban J connectivity index is 1.88. The molecule has 2 fully saturated rings. The van der Waals surface area contributed by atoms with Crippen LogP contribution < -0.4 is 5.32 Å². The maximum absolute atomic E-state index is 9.14. The van der Waals surface area contributed by atoms with E-state index in [0.29, 0.717) is 6.10 Å². The molecule has 3 heteroatoms. The fourth-order valence-corrected chi connectivity index (χ4v) is 1.88. The van der Waals surface area contributed by atoms with Crippen molar-refractivity contribution < 1.29 is 9.84 Å². The summed E-state index contributed by atoms with van der Waals surface area (Å²) in [7, 11) is 0. The number of morpholine rings is 1. The van der Waals surface area contributed by atoms with Crippen LogP contribution in [-0.2, 0) is 4.74 Å². The van der Waals surface area contributed by atoms with Crippen molar-refractivity contribution in [1.82, 2.24) is 5.32 Å². The largest absolute Gasteiger partial charge is 0.393 e. The first-order valence-electron chi connectivity index (χ1n) is 4.25. The Kier molecular flexibility index (Phi) is 1.67. The van der Waals surface area contributed by atoms with E-state index in [9.17, 15) is 0 Å². The van der Waals surface area contributed by atoms with Gasteiger partial charge in [-0.2, -0.15) is 0 Å². The molecule has 1 atom stereocenters. The molecule has 64 valence electrons. The lowest BCUT2D eigenvalue weighted by molar-refractivity contribution is -0.0977. The number of aliphatic hydroxyl groups is 1. The molecule has 1 saturated carbocycles. The van der Waals surface area contributed by atoms with Crippen molar-refractivity contribution in [2.75, 3.05) is 13.2 Å². The van der Waals surface area contributed by atoms with Crippen LogP contribution in [0.3, 0.4) is 0 Å². The quantitative estimate of drug-likeness (QED) is 0.515. The minimum Gasteiger partial charge on any atom is -0.393 e. The molecule has 0 aromatic rings. The van der Waals surface area contributed by atoms with E-state index in [1.165, 1.54) is 0 Å². The minimum absolute atomic E-state index is 0.0977. The van der Waals surface area contributed by atoms with Crippen molar-refractivity contribution >= 4 is 0 Å². The summed E-state index contributed by atoms with van der Waals surface area (Å²) in [6.45, 7) is 3.76. The van der Waals surface area contributed by atoms with E-state index in [2.05, 4.69) is 12.2 Å². The Morgan fingerprint density at radius 2 is 2.27 bits per heavy atom. The summed E-state index contributed by atoms with van der Waals surface area (Å²) in [5.41, 5.74) is 0.131. The molecule has 1 aliphatic carbocycles. The van der Waals surface area contributed by atoms with E-state index in [0.717, 1.165) is 26.0 Å². The van der Waals surface area contributed by atoms with Crippen LogP contribution in [0.4, 0.5) is 0 Å². The topological polar surface area (TPSA) is 41.5 Å². The predicted molar refractivity (Wildman–Crippen MR) is 41.4 cm³/mol. The lowest BCUT2D eigenvalue weighted by Gasteiger charge is -2.49. The number of aliphatic hydroxyl groups excluding tert-OH is 1. The molecule has 11 heavy (non-hydrogen) atoms. The van der Waals surface area contributed by atoms with Gasteiger partial charge in [0, 0.05) is 12.1 Å². The molecular formula is C8H15NO2. The Hall–Kier alpha value is -0.120. The standard InChI is InChI=1S/C8H15NO2/c1-6-4-9-8(5-11-6)2-7(10)3-8/h6-7,9-10H,2-5H2,1H3/t6?,7-,8+. The first kappa shape index (κ1) is 7.53. The highest BCUT2D eigenvalue weighted by molar-refractivity contribution is 5.03. The van der Waals surface area contributed by atoms with Gasteiger partial charge in [-0.25, -0.2) is 0 Å². The lowest BCUT2D eigenvalue weighted by Crippen LogP contribution is -2.65. The number of rotatable bonds is 0. The second-order valence-corrected chi connectivity index (χ2v) is 3.84. The third kappa shape index (κ3) is 1.28. The van der Waals surface area contributed by atoms with Crippen molar-refractivity contribution in [1.29, 1.82) is 0 Å². The number of hydrogen-bond donors (Lipinski definition) is 2. The average Bonchev–Trinajstić information content (AvgIpc) is 1.92. The van der Waals surface area contributed by atoms with Crippen LogP contribution in [0.15, 0.2) is 0 Å². The zero-order chi connectivity index (χ0) is 7.90. The molecule has 0 aromatic heterocycles. The molecule has 1 heterocycles. The van der Waals surface area contributed by atoms with Crippen molar-refractivity contribution in [3.63, 3.8) is 0 Å². The van der Waals surface area contributed by atoms with Crippen molar-refractivity contribution in [2.24, 2.45) is 0 Å². The highest BCUT2D eigenvalue weighted by Gasteiger charge is 2.45. The van der Waals surface area contributed by atoms with Gasteiger partial charge in [-0.15, -0.1) is 0 Å². The fraction of sp³-hybridized carbons (Fsp3) is 1.00. The molecule has 2 rings (SSSR count). The van der Waals surface area contributed by atoms with E-state index in [-0.39, 0.29) is 11.6 Å². The van der Waals surface area contributed by atoms with Gasteiger partial charge in [-0.05, 0) is 19.8 Å². The molecule has 1 aliphatic heterocycles. The summed E-state index contributed by atoms with van der Waals surface area (Å²) in [6, 6.07) is 0. The van der Waals surface area contributed by atoms with Crippen LogP contribution >= 0.6 is 0 Å². The monoisotopic (exact) mass is 157 g/mol. The second kappa shape index (κ2) is 2.44. The van der Waals surface area contributed by atoms with Gasteiger partial charge in [0.25, 0.3) is 0 Å². The fourth-order valence-electron chi connectivity index (χ4n) is 1.88. The molecule has 1 spiro atoms. The first-order valence-corrected chi connectivity index (χ1v) is 4.25. The van der Waals surface area contributed by atoms with E-state index in [1.54, 1.807) is 0 Å². The zero-order valence-electron chi connectivity index (χ0n) is 6.84. The first-order chi connectivity index (χ1) is 5.20. The summed E-state index contributed by atoms with van der Waals surface area (Å²) in [5, 5.41) is 12.6. The summed E-state index contributed by atoms with van der Waals surface area (Å²) < 4.78 is 5.51. The minimum atomic E-state index is -0.0977. The Morgan fingerprint density at radius 1 is 1.55 bits per heavy atom. The average molecular weight is 157 g/mol. The van der Waals surface area contributed by atoms with E-state index >= 15 is 0 Å². The van der Waals surface area contributed by atoms with Crippen LogP contribution in [0.1, 0.15) is 19.8 Å². The van der Waals surface area contributed by atoms with Gasteiger partial charge in [0.1, 0.15) is 0 Å². The molecule has 2 aliphatic rings. The molecule has 0 bridgehead atoms. The van der Waals surface area contributed by atoms with Crippen molar-refractivity contribution in [3.8, 4) is 0 Å². The van der Waals surface area contributed by atoms with Crippen LogP contribution in [0.25, 0.3) is 0 Å². The Labute approximate surface area is 66.7 Å². The third-order valence-electron chi connectivity index (χ3n) is 2.66. The maximum Gasteiger partial charge on any atom is 0.0672 e. The highest BCUT2D eigenvalue weighted by Crippen LogP contribution is 2.34. The normalized spacial score (nSPS) is 50.7. The van der Waals surface area contributed by atoms with Gasteiger partial charge in [0.15, 0.2) is 0 Å². The molecule has 1 saturated heterocycles. The van der Waals surface area contributed by atoms with E-state index in [1.807, 2.05) is 0 Å². The van der Waals surface area contributed by atoms with Gasteiger partial charge >= 0.3 is 0 Å². The summed E-state index contributed by atoms with van der Waals surface area (Å²) in [4.78, 5) is 0. The number of ether oxygens (including phenoxy) is 1. The second-order valence-electron chi connectivity index (χ2n) is 3.84. The Bertz CT molecular complexity index is 144.